The van der Waals surface area contributed by atoms with Crippen molar-refractivity contribution in [2.24, 2.45) is 11.7 Å². The van der Waals surface area contributed by atoms with Crippen LogP contribution >= 0.6 is 0 Å². The Morgan fingerprint density at radius 2 is 1.32 bits per heavy atom. The third-order valence-electron chi connectivity index (χ3n) is 5.72. The lowest BCUT2D eigenvalue weighted by atomic mass is 10.0. The number of carbonyl (C=O) groups excluding carboxylic acids is 1. The molecule has 1 aliphatic heterocycles. The average molecular weight is 573 g/mol. The van der Waals surface area contributed by atoms with Crippen LogP contribution in [0.1, 0.15) is 24.0 Å². The molecule has 1 fully saturated rings. The normalized spacial score (nSPS) is 15.2. The van der Waals surface area contributed by atoms with Gasteiger partial charge in [-0.1, -0.05) is 67.2 Å². The summed E-state index contributed by atoms with van der Waals surface area (Å²) in [5.41, 5.74) is 6.79. The van der Waals surface area contributed by atoms with Crippen molar-refractivity contribution in [3.8, 4) is 0 Å². The van der Waals surface area contributed by atoms with Gasteiger partial charge in [0.15, 0.2) is 0 Å². The molecule has 0 spiro atoms. The van der Waals surface area contributed by atoms with Gasteiger partial charge in [0.2, 0.25) is 5.91 Å². The molecule has 1 amide bonds. The highest BCUT2D eigenvalue weighted by Crippen LogP contribution is 2.22. The molecule has 2 aromatic rings. The van der Waals surface area contributed by atoms with Crippen molar-refractivity contribution in [3.63, 3.8) is 0 Å². The van der Waals surface area contributed by atoms with Crippen LogP contribution in [0.25, 0.3) is 0 Å². The Labute approximate surface area is 235 Å². The molecule has 1 saturated heterocycles. The summed E-state index contributed by atoms with van der Waals surface area (Å²) in [6.07, 6.45) is -0.0757. The Kier molecular flexibility index (Phi) is 13.9. The summed E-state index contributed by atoms with van der Waals surface area (Å²) in [5.74, 6) is -6.82. The minimum Gasteiger partial charge on any atom is -0.481 e. The first-order valence-corrected chi connectivity index (χ1v) is 12.2. The SMILES string of the molecule is C=C(CC(=O)O)C(=O)O.NC(Cc1ccccc1)C(=O)O.O=C(O)C1CC(=O)N(C(Cc2ccccc2)C(=O)O)C1. The molecule has 0 saturated carbocycles. The molecule has 13 nitrogen and oxygen atoms in total. The van der Waals surface area contributed by atoms with Gasteiger partial charge >= 0.3 is 29.8 Å². The van der Waals surface area contributed by atoms with Gasteiger partial charge < -0.3 is 36.2 Å². The molecule has 3 unspecified atom stereocenters. The molecule has 0 aliphatic carbocycles. The second-order valence-corrected chi connectivity index (χ2v) is 8.94. The number of carboxylic acids is 5. The van der Waals surface area contributed by atoms with Gasteiger partial charge in [0.25, 0.3) is 0 Å². The number of rotatable bonds is 11. The monoisotopic (exact) mass is 572 g/mol. The topological polar surface area (TPSA) is 233 Å². The number of nitrogens with zero attached hydrogens (tertiary/aromatic N) is 1. The van der Waals surface area contributed by atoms with Gasteiger partial charge in [-0.2, -0.15) is 0 Å². The van der Waals surface area contributed by atoms with Gasteiger partial charge in [0, 0.05) is 25.0 Å². The molecule has 13 heteroatoms. The van der Waals surface area contributed by atoms with E-state index in [0.29, 0.717) is 6.42 Å². The number of carbonyl (C=O) groups is 6. The van der Waals surface area contributed by atoms with Crippen LogP contribution in [0, 0.1) is 5.92 Å². The maximum atomic E-state index is 11.8. The van der Waals surface area contributed by atoms with E-state index in [4.69, 9.17) is 26.2 Å². The predicted octanol–water partition coefficient (Wildman–Crippen LogP) is 1.36. The second-order valence-electron chi connectivity index (χ2n) is 8.94. The Bertz CT molecular complexity index is 1230. The van der Waals surface area contributed by atoms with Crippen molar-refractivity contribution >= 4 is 35.8 Å². The molecule has 0 aromatic heterocycles. The standard InChI is InChI=1S/C14H15NO5.C9H11NO2.C5H6O4/c16-12-7-10(13(17)18)8-15(12)11(14(19)20)6-9-4-2-1-3-5-9;10-8(9(11)12)6-7-4-2-1-3-5-7;1-3(5(8)9)2-4(6)7/h1-5,10-11H,6-8H2,(H,17,18)(H,19,20);1-5,8H,6,10H2,(H,11,12);1-2H2,(H,6,7)(H,8,9). The zero-order valence-corrected chi connectivity index (χ0v) is 22.0. The highest BCUT2D eigenvalue weighted by molar-refractivity contribution is 5.91. The fraction of sp³-hybridized carbons (Fsp3) is 0.286. The third kappa shape index (κ3) is 12.6. The maximum absolute atomic E-state index is 11.8. The molecule has 2 aromatic carbocycles. The smallest absolute Gasteiger partial charge is 0.331 e. The van der Waals surface area contributed by atoms with Crippen molar-refractivity contribution in [2.75, 3.05) is 6.54 Å². The van der Waals surface area contributed by atoms with Crippen molar-refractivity contribution in [3.05, 3.63) is 83.9 Å². The first-order valence-electron chi connectivity index (χ1n) is 12.2. The van der Waals surface area contributed by atoms with Gasteiger partial charge in [-0.15, -0.1) is 0 Å². The molecular weight excluding hydrogens is 540 g/mol. The van der Waals surface area contributed by atoms with E-state index < -0.39 is 60.2 Å². The second kappa shape index (κ2) is 16.8. The van der Waals surface area contributed by atoms with Gasteiger partial charge in [-0.05, 0) is 17.5 Å². The molecular formula is C28H32N2O11. The summed E-state index contributed by atoms with van der Waals surface area (Å²) < 4.78 is 0. The fourth-order valence-electron chi connectivity index (χ4n) is 3.58. The van der Waals surface area contributed by atoms with Crippen molar-refractivity contribution in [2.45, 2.75) is 37.8 Å². The van der Waals surface area contributed by atoms with Crippen LogP contribution in [0.15, 0.2) is 72.8 Å². The molecule has 0 bridgehead atoms. The van der Waals surface area contributed by atoms with Crippen LogP contribution < -0.4 is 5.73 Å². The fourth-order valence-corrected chi connectivity index (χ4v) is 3.58. The van der Waals surface area contributed by atoms with Crippen LogP contribution in [0.4, 0.5) is 0 Å². The zero-order valence-electron chi connectivity index (χ0n) is 22.0. The van der Waals surface area contributed by atoms with Crippen molar-refractivity contribution in [1.82, 2.24) is 4.90 Å². The Morgan fingerprint density at radius 1 is 0.829 bits per heavy atom. The van der Waals surface area contributed by atoms with Crippen LogP contribution in [0.2, 0.25) is 0 Å². The van der Waals surface area contributed by atoms with E-state index in [1.54, 1.807) is 24.3 Å². The van der Waals surface area contributed by atoms with E-state index in [-0.39, 0.29) is 25.0 Å². The van der Waals surface area contributed by atoms with Crippen molar-refractivity contribution in [1.29, 1.82) is 0 Å². The first kappa shape index (κ1) is 34.0. The molecule has 3 rings (SSSR count). The van der Waals surface area contributed by atoms with Crippen LogP contribution in [0.3, 0.4) is 0 Å². The van der Waals surface area contributed by atoms with Crippen LogP contribution in [-0.2, 0) is 41.6 Å². The largest absolute Gasteiger partial charge is 0.481 e. The Morgan fingerprint density at radius 3 is 1.66 bits per heavy atom. The van der Waals surface area contributed by atoms with Gasteiger partial charge in [0.05, 0.1) is 12.3 Å². The van der Waals surface area contributed by atoms with E-state index in [2.05, 4.69) is 6.58 Å². The lowest BCUT2D eigenvalue weighted by Gasteiger charge is -2.24. The summed E-state index contributed by atoms with van der Waals surface area (Å²) >= 11 is 0. The summed E-state index contributed by atoms with van der Waals surface area (Å²) in [4.78, 5) is 65.3. The molecule has 220 valence electrons. The van der Waals surface area contributed by atoms with Gasteiger partial charge in [-0.25, -0.2) is 9.59 Å². The molecule has 1 heterocycles. The van der Waals surface area contributed by atoms with Gasteiger partial charge in [0.1, 0.15) is 12.1 Å². The molecule has 0 radical (unpaired) electrons. The minimum absolute atomic E-state index is 0.0437. The quantitative estimate of drug-likeness (QED) is 0.209. The highest BCUT2D eigenvalue weighted by atomic mass is 16.4. The molecule has 3 atom stereocenters. The van der Waals surface area contributed by atoms with E-state index in [1.165, 1.54) is 0 Å². The Balaban J connectivity index is 0.000000341. The number of carboxylic acid groups (broad SMARTS) is 5. The van der Waals surface area contributed by atoms with E-state index in [1.807, 2.05) is 36.4 Å². The summed E-state index contributed by atoms with van der Waals surface area (Å²) in [5, 5.41) is 42.8. The average Bonchev–Trinajstić information content (AvgIpc) is 3.30. The number of aliphatic carboxylic acids is 5. The molecule has 1 aliphatic rings. The van der Waals surface area contributed by atoms with E-state index in [0.717, 1.165) is 16.0 Å². The highest BCUT2D eigenvalue weighted by Gasteiger charge is 2.40. The van der Waals surface area contributed by atoms with E-state index in [9.17, 15) is 33.9 Å². The van der Waals surface area contributed by atoms with Crippen LogP contribution in [-0.4, -0.2) is 84.8 Å². The molecule has 41 heavy (non-hydrogen) atoms. The van der Waals surface area contributed by atoms with Gasteiger partial charge in [-0.3, -0.25) is 19.2 Å². The van der Waals surface area contributed by atoms with E-state index >= 15 is 0 Å². The lowest BCUT2D eigenvalue weighted by Crippen LogP contribution is -2.44. The van der Waals surface area contributed by atoms with Crippen molar-refractivity contribution < 1.29 is 54.3 Å². The summed E-state index contributed by atoms with van der Waals surface area (Å²) in [7, 11) is 0. The molecule has 7 N–H and O–H groups in total. The number of hydrogen-bond acceptors (Lipinski definition) is 7. The lowest BCUT2D eigenvalue weighted by molar-refractivity contribution is -0.148. The number of hydrogen-bond donors (Lipinski definition) is 6. The predicted molar refractivity (Wildman–Crippen MR) is 144 cm³/mol. The summed E-state index contributed by atoms with van der Waals surface area (Å²) in [6.45, 7) is 2.97. The third-order valence-corrected chi connectivity index (χ3v) is 5.72. The number of amides is 1. The zero-order chi connectivity index (χ0) is 31.1. The van der Waals surface area contributed by atoms with Crippen LogP contribution in [0.5, 0.6) is 0 Å². The summed E-state index contributed by atoms with van der Waals surface area (Å²) in [6, 6.07) is 16.5. The number of benzene rings is 2. The number of nitrogens with two attached hydrogens (primary N) is 1. The minimum atomic E-state index is -1.27. The number of likely N-dealkylation sites (tertiary alicyclic amines) is 1. The maximum Gasteiger partial charge on any atom is 0.331 e. The first-order chi connectivity index (χ1) is 19.2. The Hall–Kier alpha value is -5.04.